The predicted molar refractivity (Wildman–Crippen MR) is 74.8 cm³/mol. The fraction of sp³-hybridized carbons (Fsp3) is 0.429. The average molecular weight is 284 g/mol. The second-order valence-corrected chi connectivity index (χ2v) is 5.64. The number of carbonyl (C=O) groups excluding carboxylic acids is 2. The Kier molecular flexibility index (Phi) is 4.95. The Morgan fingerprint density at radius 3 is 2.47 bits per heavy atom. The van der Waals surface area contributed by atoms with E-state index in [1.165, 1.54) is 7.11 Å². The molecule has 104 valence electrons. The van der Waals surface area contributed by atoms with E-state index in [4.69, 9.17) is 16.3 Å². The third-order valence-electron chi connectivity index (χ3n) is 2.65. The summed E-state index contributed by atoms with van der Waals surface area (Å²) in [7, 11) is 1.46. The van der Waals surface area contributed by atoms with Crippen LogP contribution in [0.25, 0.3) is 0 Å². The summed E-state index contributed by atoms with van der Waals surface area (Å²) in [4.78, 5) is 23.7. The molecule has 0 aromatic heterocycles. The van der Waals surface area contributed by atoms with Crippen LogP contribution in [0.2, 0.25) is 5.02 Å². The summed E-state index contributed by atoms with van der Waals surface area (Å²) in [5.41, 5.74) is -0.120. The number of benzene rings is 1. The van der Waals surface area contributed by atoms with E-state index < -0.39 is 5.41 Å². The first-order valence-electron chi connectivity index (χ1n) is 5.90. The second-order valence-electron chi connectivity index (χ2n) is 5.20. The van der Waals surface area contributed by atoms with Crippen molar-refractivity contribution in [1.82, 2.24) is 5.32 Å². The molecule has 0 unspecified atom stereocenters. The minimum absolute atomic E-state index is 0.00584. The van der Waals surface area contributed by atoms with Gasteiger partial charge in [-0.15, -0.1) is 0 Å². The van der Waals surface area contributed by atoms with E-state index in [0.717, 1.165) is 0 Å². The van der Waals surface area contributed by atoms with Gasteiger partial charge in [0.15, 0.2) is 5.78 Å². The van der Waals surface area contributed by atoms with Crippen molar-refractivity contribution in [2.45, 2.75) is 20.8 Å². The van der Waals surface area contributed by atoms with Crippen molar-refractivity contribution in [3.63, 3.8) is 0 Å². The van der Waals surface area contributed by atoms with Crippen LogP contribution < -0.4 is 10.1 Å². The number of ether oxygens (including phenoxy) is 1. The van der Waals surface area contributed by atoms with Crippen molar-refractivity contribution in [3.8, 4) is 5.75 Å². The maximum Gasteiger partial charge on any atom is 0.255 e. The van der Waals surface area contributed by atoms with Gasteiger partial charge in [0.25, 0.3) is 5.91 Å². The zero-order valence-corrected chi connectivity index (χ0v) is 12.3. The molecular weight excluding hydrogens is 266 g/mol. The number of Topliss-reactive ketones (excluding diaryl/α,β-unsaturated/α-hetero) is 1. The summed E-state index contributed by atoms with van der Waals surface area (Å²) in [5.74, 6) is -0.00638. The first-order valence-corrected chi connectivity index (χ1v) is 6.28. The van der Waals surface area contributed by atoms with Crippen molar-refractivity contribution < 1.29 is 14.3 Å². The van der Waals surface area contributed by atoms with Crippen LogP contribution in [0.1, 0.15) is 31.1 Å². The highest BCUT2D eigenvalue weighted by Gasteiger charge is 2.22. The van der Waals surface area contributed by atoms with E-state index in [9.17, 15) is 9.59 Å². The fourth-order valence-electron chi connectivity index (χ4n) is 1.37. The van der Waals surface area contributed by atoms with E-state index in [1.54, 1.807) is 18.2 Å². The average Bonchev–Trinajstić information content (AvgIpc) is 2.33. The van der Waals surface area contributed by atoms with Crippen LogP contribution in [0.4, 0.5) is 0 Å². The quantitative estimate of drug-likeness (QED) is 0.924. The number of halogens is 1. The molecule has 1 aromatic rings. The van der Waals surface area contributed by atoms with Crippen LogP contribution in [-0.2, 0) is 4.79 Å². The molecule has 0 aliphatic rings. The topological polar surface area (TPSA) is 55.4 Å². The third kappa shape index (κ3) is 4.24. The molecular formula is C14H18ClNO3. The van der Waals surface area contributed by atoms with Gasteiger partial charge >= 0.3 is 0 Å². The molecule has 4 nitrogen and oxygen atoms in total. The Labute approximate surface area is 118 Å². The molecule has 5 heteroatoms. The van der Waals surface area contributed by atoms with Crippen LogP contribution in [0, 0.1) is 5.41 Å². The van der Waals surface area contributed by atoms with Crippen molar-refractivity contribution in [1.29, 1.82) is 0 Å². The first-order chi connectivity index (χ1) is 8.75. The zero-order valence-electron chi connectivity index (χ0n) is 11.5. The van der Waals surface area contributed by atoms with Crippen LogP contribution >= 0.6 is 11.6 Å². The SMILES string of the molecule is COc1cc(Cl)ccc1C(=O)NCC(=O)C(C)(C)C. The Morgan fingerprint density at radius 2 is 1.95 bits per heavy atom. The van der Waals surface area contributed by atoms with E-state index >= 15 is 0 Å². The van der Waals surface area contributed by atoms with Crippen molar-refractivity contribution >= 4 is 23.3 Å². The van der Waals surface area contributed by atoms with Gasteiger partial charge in [0.05, 0.1) is 19.2 Å². The highest BCUT2D eigenvalue weighted by molar-refractivity contribution is 6.30. The lowest BCUT2D eigenvalue weighted by Crippen LogP contribution is -2.35. The van der Waals surface area contributed by atoms with E-state index in [2.05, 4.69) is 5.32 Å². The normalized spacial score (nSPS) is 11.0. The van der Waals surface area contributed by atoms with Crippen LogP contribution in [0.15, 0.2) is 18.2 Å². The van der Waals surface area contributed by atoms with Gasteiger partial charge in [0, 0.05) is 10.4 Å². The van der Waals surface area contributed by atoms with Gasteiger partial charge in [-0.1, -0.05) is 32.4 Å². The molecule has 0 aliphatic carbocycles. The Balaban J connectivity index is 2.77. The van der Waals surface area contributed by atoms with Gasteiger partial charge in [-0.3, -0.25) is 9.59 Å². The minimum atomic E-state index is -0.475. The monoisotopic (exact) mass is 283 g/mol. The highest BCUT2D eigenvalue weighted by atomic mass is 35.5. The zero-order chi connectivity index (χ0) is 14.6. The lowest BCUT2D eigenvalue weighted by Gasteiger charge is -2.17. The molecule has 0 saturated heterocycles. The lowest BCUT2D eigenvalue weighted by molar-refractivity contribution is -0.125. The molecule has 1 N–H and O–H groups in total. The summed E-state index contributed by atoms with van der Waals surface area (Å²) in [6.07, 6.45) is 0. The van der Waals surface area contributed by atoms with Gasteiger partial charge in [-0.05, 0) is 18.2 Å². The molecule has 0 bridgehead atoms. The molecule has 0 radical (unpaired) electrons. The summed E-state index contributed by atoms with van der Waals surface area (Å²) in [5, 5.41) is 3.07. The number of methoxy groups -OCH3 is 1. The standard InChI is InChI=1S/C14H18ClNO3/c1-14(2,3)12(17)8-16-13(18)10-6-5-9(15)7-11(10)19-4/h5-7H,8H2,1-4H3,(H,16,18). The highest BCUT2D eigenvalue weighted by Crippen LogP contribution is 2.23. The molecule has 1 rings (SSSR count). The summed E-state index contributed by atoms with van der Waals surface area (Å²) < 4.78 is 5.09. The predicted octanol–water partition coefficient (Wildman–Crippen LogP) is 2.69. The first kappa shape index (κ1) is 15.5. The largest absolute Gasteiger partial charge is 0.496 e. The van der Waals surface area contributed by atoms with E-state index in [0.29, 0.717) is 16.3 Å². The molecule has 0 spiro atoms. The van der Waals surface area contributed by atoms with Gasteiger partial charge in [0.2, 0.25) is 0 Å². The molecule has 1 aromatic carbocycles. The molecule has 0 atom stereocenters. The van der Waals surface area contributed by atoms with Crippen LogP contribution in [0.3, 0.4) is 0 Å². The Bertz CT molecular complexity index is 492. The summed E-state index contributed by atoms with van der Waals surface area (Å²) in [6.45, 7) is 5.42. The summed E-state index contributed by atoms with van der Waals surface area (Å²) in [6, 6.07) is 4.73. The van der Waals surface area contributed by atoms with Crippen molar-refractivity contribution in [3.05, 3.63) is 28.8 Å². The second kappa shape index (κ2) is 6.06. The number of amides is 1. The fourth-order valence-corrected chi connectivity index (χ4v) is 1.54. The van der Waals surface area contributed by atoms with Gasteiger partial charge in [-0.25, -0.2) is 0 Å². The number of carbonyl (C=O) groups is 2. The molecule has 0 saturated carbocycles. The molecule has 0 aliphatic heterocycles. The number of hydrogen-bond acceptors (Lipinski definition) is 3. The maximum atomic E-state index is 12.0. The smallest absolute Gasteiger partial charge is 0.255 e. The van der Waals surface area contributed by atoms with Crippen molar-refractivity contribution in [2.24, 2.45) is 5.41 Å². The molecule has 19 heavy (non-hydrogen) atoms. The number of ketones is 1. The molecule has 1 amide bonds. The number of hydrogen-bond donors (Lipinski definition) is 1. The van der Waals surface area contributed by atoms with Crippen LogP contribution in [-0.4, -0.2) is 25.3 Å². The van der Waals surface area contributed by atoms with Gasteiger partial charge < -0.3 is 10.1 Å². The minimum Gasteiger partial charge on any atom is -0.496 e. The number of nitrogens with one attached hydrogen (secondary N) is 1. The van der Waals surface area contributed by atoms with Gasteiger partial charge in [0.1, 0.15) is 5.75 Å². The molecule has 0 fully saturated rings. The Hall–Kier alpha value is -1.55. The van der Waals surface area contributed by atoms with Crippen LogP contribution in [0.5, 0.6) is 5.75 Å². The third-order valence-corrected chi connectivity index (χ3v) is 2.89. The van der Waals surface area contributed by atoms with Gasteiger partial charge in [-0.2, -0.15) is 0 Å². The lowest BCUT2D eigenvalue weighted by atomic mass is 9.91. The number of rotatable bonds is 4. The maximum absolute atomic E-state index is 12.0. The van der Waals surface area contributed by atoms with E-state index in [-0.39, 0.29) is 18.2 Å². The molecule has 0 heterocycles. The van der Waals surface area contributed by atoms with E-state index in [1.807, 2.05) is 20.8 Å². The van der Waals surface area contributed by atoms with Crippen molar-refractivity contribution in [2.75, 3.05) is 13.7 Å². The Morgan fingerprint density at radius 1 is 1.32 bits per heavy atom. The summed E-state index contributed by atoms with van der Waals surface area (Å²) >= 11 is 5.82.